The number of hydrogen-bond acceptors (Lipinski definition) is 4. The zero-order chi connectivity index (χ0) is 15.8. The Morgan fingerprint density at radius 3 is 2.57 bits per heavy atom. The summed E-state index contributed by atoms with van der Waals surface area (Å²) in [6, 6.07) is 3.48. The van der Waals surface area contributed by atoms with Crippen LogP contribution in [0, 0.1) is 5.82 Å². The van der Waals surface area contributed by atoms with Crippen LogP contribution >= 0.6 is 39.1 Å². The average molecular weight is 415 g/mol. The molecule has 112 valence electrons. The van der Waals surface area contributed by atoms with Crippen LogP contribution in [0.4, 0.5) is 15.8 Å². The van der Waals surface area contributed by atoms with Crippen LogP contribution in [0.1, 0.15) is 0 Å². The van der Waals surface area contributed by atoms with Crippen LogP contribution in [0.15, 0.2) is 33.8 Å². The lowest BCUT2D eigenvalue weighted by Gasteiger charge is -2.10. The summed E-state index contributed by atoms with van der Waals surface area (Å²) in [4.78, 5) is 3.11. The lowest BCUT2D eigenvalue weighted by molar-refractivity contribution is 0.571. The molecule has 1 aromatic heterocycles. The van der Waals surface area contributed by atoms with Gasteiger partial charge < -0.3 is 5.73 Å². The number of hydrogen-bond donors (Lipinski definition) is 2. The standard InChI is InChI=1S/C11H7BrCl2FN3O2S/c12-7-3-6(4-17-11(7)14)18-21(19,20)9-2-5(16)1-8(13)10(9)15/h1-4,18H,16H2. The van der Waals surface area contributed by atoms with E-state index in [0.29, 0.717) is 4.47 Å². The Morgan fingerprint density at radius 1 is 1.29 bits per heavy atom. The fraction of sp³-hybridized carbons (Fsp3) is 0. The molecule has 0 saturated carbocycles. The number of sulfonamides is 1. The number of anilines is 2. The van der Waals surface area contributed by atoms with Crippen molar-refractivity contribution in [3.63, 3.8) is 0 Å². The second-order valence-corrected chi connectivity index (χ2v) is 7.19. The fourth-order valence-corrected chi connectivity index (χ4v) is 3.37. The van der Waals surface area contributed by atoms with Crippen LogP contribution in [-0.4, -0.2) is 13.4 Å². The molecule has 0 bridgehead atoms. The van der Waals surface area contributed by atoms with Crippen LogP contribution in [0.2, 0.25) is 10.2 Å². The second-order valence-electron chi connectivity index (χ2n) is 3.92. The maximum absolute atomic E-state index is 13.9. The van der Waals surface area contributed by atoms with E-state index in [1.54, 1.807) is 0 Å². The van der Waals surface area contributed by atoms with Gasteiger partial charge in [-0.25, -0.2) is 17.8 Å². The average Bonchev–Trinajstić information content (AvgIpc) is 2.37. The molecule has 1 aromatic carbocycles. The van der Waals surface area contributed by atoms with Gasteiger partial charge in [-0.3, -0.25) is 4.72 Å². The third-order valence-electron chi connectivity index (χ3n) is 2.36. The molecule has 0 unspecified atom stereocenters. The second kappa shape index (κ2) is 5.96. The maximum Gasteiger partial charge on any atom is 0.265 e. The molecule has 5 nitrogen and oxygen atoms in total. The molecule has 0 aliphatic carbocycles. The van der Waals surface area contributed by atoms with E-state index in [1.807, 2.05) is 0 Å². The first-order valence-corrected chi connectivity index (χ1v) is 8.32. The lowest BCUT2D eigenvalue weighted by Crippen LogP contribution is -2.15. The molecule has 0 saturated heterocycles. The summed E-state index contributed by atoms with van der Waals surface area (Å²) in [5.41, 5.74) is 5.61. The Labute approximate surface area is 138 Å². The Hall–Kier alpha value is -1.09. The quantitative estimate of drug-likeness (QED) is 0.592. The van der Waals surface area contributed by atoms with Crippen molar-refractivity contribution in [2.24, 2.45) is 0 Å². The van der Waals surface area contributed by atoms with Crippen LogP contribution in [0.3, 0.4) is 0 Å². The number of benzene rings is 1. The van der Waals surface area contributed by atoms with E-state index in [-0.39, 0.29) is 21.6 Å². The van der Waals surface area contributed by atoms with Gasteiger partial charge in [-0.2, -0.15) is 0 Å². The molecule has 0 radical (unpaired) electrons. The van der Waals surface area contributed by atoms with E-state index < -0.39 is 20.7 Å². The van der Waals surface area contributed by atoms with Gasteiger partial charge in [-0.05, 0) is 34.1 Å². The van der Waals surface area contributed by atoms with Gasteiger partial charge in [0, 0.05) is 5.69 Å². The van der Waals surface area contributed by atoms with E-state index in [0.717, 1.165) is 12.1 Å². The van der Waals surface area contributed by atoms with Crippen LogP contribution in [0.25, 0.3) is 0 Å². The van der Waals surface area contributed by atoms with Gasteiger partial charge in [0.15, 0.2) is 5.82 Å². The molecule has 0 spiro atoms. The summed E-state index contributed by atoms with van der Waals surface area (Å²) < 4.78 is 40.8. The minimum absolute atomic E-state index is 0.0252. The summed E-state index contributed by atoms with van der Waals surface area (Å²) in [5, 5.41) is -0.220. The monoisotopic (exact) mass is 413 g/mol. The van der Waals surface area contributed by atoms with Gasteiger partial charge in [0.2, 0.25) is 0 Å². The summed E-state index contributed by atoms with van der Waals surface area (Å²) in [6.07, 6.45) is 1.19. The van der Waals surface area contributed by atoms with E-state index in [1.165, 1.54) is 12.3 Å². The molecule has 21 heavy (non-hydrogen) atoms. The van der Waals surface area contributed by atoms with Gasteiger partial charge in [0.1, 0.15) is 10.0 Å². The number of nitrogens with one attached hydrogen (secondary N) is 1. The highest BCUT2D eigenvalue weighted by Crippen LogP contribution is 2.28. The summed E-state index contributed by atoms with van der Waals surface area (Å²) in [5.74, 6) is -1.08. The predicted octanol–water partition coefficient (Wildman–Crippen LogP) is 3.67. The van der Waals surface area contributed by atoms with Gasteiger partial charge in [0.25, 0.3) is 10.0 Å². The normalized spacial score (nSPS) is 11.4. The molecular formula is C11H7BrCl2FN3O2S. The molecule has 0 atom stereocenters. The third-order valence-corrected chi connectivity index (χ3v) is 5.14. The van der Waals surface area contributed by atoms with Gasteiger partial charge in [-0.15, -0.1) is 0 Å². The minimum atomic E-state index is -4.21. The Balaban J connectivity index is 2.45. The summed E-state index contributed by atoms with van der Waals surface area (Å²) in [6.45, 7) is 0. The Bertz CT molecular complexity index is 817. The molecular weight excluding hydrogens is 408 g/mol. The smallest absolute Gasteiger partial charge is 0.265 e. The van der Waals surface area contributed by atoms with Gasteiger partial charge >= 0.3 is 0 Å². The van der Waals surface area contributed by atoms with Crippen LogP contribution in [0.5, 0.6) is 0 Å². The topological polar surface area (TPSA) is 85.1 Å². The van der Waals surface area contributed by atoms with E-state index in [4.69, 9.17) is 28.9 Å². The number of nitrogens with zero attached hydrogens (tertiary/aromatic N) is 1. The van der Waals surface area contributed by atoms with Crippen molar-refractivity contribution in [1.29, 1.82) is 0 Å². The van der Waals surface area contributed by atoms with E-state index in [9.17, 15) is 12.8 Å². The molecule has 3 N–H and O–H groups in total. The molecule has 10 heteroatoms. The SMILES string of the molecule is Nc1cc(Cl)c(F)c(S(=O)(=O)Nc2cnc(Cl)c(Br)c2)c1. The number of rotatable bonds is 3. The first-order valence-electron chi connectivity index (χ1n) is 5.29. The van der Waals surface area contributed by atoms with Crippen molar-refractivity contribution in [3.8, 4) is 0 Å². The molecule has 0 aliphatic rings. The van der Waals surface area contributed by atoms with Crippen LogP contribution < -0.4 is 10.5 Å². The first kappa shape index (κ1) is 16.3. The van der Waals surface area contributed by atoms with Crippen molar-refractivity contribution < 1.29 is 12.8 Å². The largest absolute Gasteiger partial charge is 0.399 e. The Kier molecular flexibility index (Phi) is 4.62. The summed E-state index contributed by atoms with van der Waals surface area (Å²) in [7, 11) is -4.21. The third kappa shape index (κ3) is 3.57. The fourth-order valence-electron chi connectivity index (χ4n) is 1.47. The van der Waals surface area contributed by atoms with Crippen molar-refractivity contribution in [1.82, 2.24) is 4.98 Å². The van der Waals surface area contributed by atoms with Crippen molar-refractivity contribution >= 4 is 60.5 Å². The highest BCUT2D eigenvalue weighted by atomic mass is 79.9. The van der Waals surface area contributed by atoms with E-state index in [2.05, 4.69) is 25.6 Å². The highest BCUT2D eigenvalue weighted by molar-refractivity contribution is 9.10. The number of nitrogens with two attached hydrogens (primary N) is 1. The number of aromatic nitrogens is 1. The molecule has 0 amide bonds. The highest BCUT2D eigenvalue weighted by Gasteiger charge is 2.22. The first-order chi connectivity index (χ1) is 9.70. The van der Waals surface area contributed by atoms with Crippen molar-refractivity contribution in [2.75, 3.05) is 10.5 Å². The zero-order valence-corrected chi connectivity index (χ0v) is 14.0. The number of halogens is 4. The van der Waals surface area contributed by atoms with Gasteiger partial charge in [-0.1, -0.05) is 23.2 Å². The predicted molar refractivity (Wildman–Crippen MR) is 83.6 cm³/mol. The van der Waals surface area contributed by atoms with E-state index >= 15 is 0 Å². The molecule has 0 fully saturated rings. The summed E-state index contributed by atoms with van der Waals surface area (Å²) >= 11 is 14.4. The minimum Gasteiger partial charge on any atom is -0.399 e. The lowest BCUT2D eigenvalue weighted by atomic mass is 10.3. The number of pyridine rings is 1. The number of nitrogen functional groups attached to an aromatic ring is 1. The van der Waals surface area contributed by atoms with Crippen LogP contribution in [-0.2, 0) is 10.0 Å². The van der Waals surface area contributed by atoms with Crippen molar-refractivity contribution in [2.45, 2.75) is 4.90 Å². The molecule has 0 aliphatic heterocycles. The maximum atomic E-state index is 13.9. The van der Waals surface area contributed by atoms with Gasteiger partial charge in [0.05, 0.1) is 21.4 Å². The zero-order valence-electron chi connectivity index (χ0n) is 10.1. The Morgan fingerprint density at radius 2 is 1.95 bits per heavy atom. The molecule has 2 aromatic rings. The van der Waals surface area contributed by atoms with Crippen molar-refractivity contribution in [3.05, 3.63) is 44.9 Å². The molecule has 1 heterocycles. The molecule has 2 rings (SSSR count).